The van der Waals surface area contributed by atoms with Gasteiger partial charge in [0.2, 0.25) is 11.8 Å². The van der Waals surface area contributed by atoms with Crippen molar-refractivity contribution in [3.05, 3.63) is 57.2 Å². The van der Waals surface area contributed by atoms with E-state index in [4.69, 9.17) is 9.47 Å². The Morgan fingerprint density at radius 2 is 1.97 bits per heavy atom. The molecule has 2 aromatic heterocycles. The van der Waals surface area contributed by atoms with Gasteiger partial charge in [0, 0.05) is 16.8 Å². The van der Waals surface area contributed by atoms with Gasteiger partial charge in [-0.05, 0) is 35.6 Å². The highest BCUT2D eigenvalue weighted by atomic mass is 32.1. The topological polar surface area (TPSA) is 89.6 Å². The number of nitrogens with one attached hydrogen (secondary N) is 2. The van der Waals surface area contributed by atoms with Crippen molar-refractivity contribution in [1.82, 2.24) is 10.3 Å². The summed E-state index contributed by atoms with van der Waals surface area (Å²) in [6.45, 7) is 3.04. The zero-order valence-electron chi connectivity index (χ0n) is 17.5. The zero-order chi connectivity index (χ0) is 22.1. The fourth-order valence-electron chi connectivity index (χ4n) is 2.76. The summed E-state index contributed by atoms with van der Waals surface area (Å²) >= 11 is 2.85. The summed E-state index contributed by atoms with van der Waals surface area (Å²) in [5, 5.41) is 9.88. The van der Waals surface area contributed by atoms with Gasteiger partial charge >= 0.3 is 0 Å². The summed E-state index contributed by atoms with van der Waals surface area (Å²) < 4.78 is 11.0. The summed E-state index contributed by atoms with van der Waals surface area (Å²) in [7, 11) is 1.59. The van der Waals surface area contributed by atoms with Crippen molar-refractivity contribution in [3.8, 4) is 11.5 Å². The van der Waals surface area contributed by atoms with Crippen LogP contribution in [0.5, 0.6) is 11.5 Å². The lowest BCUT2D eigenvalue weighted by molar-refractivity contribution is -0.120. The lowest BCUT2D eigenvalue weighted by Crippen LogP contribution is -2.24. The average molecular weight is 460 g/mol. The number of rotatable bonds is 11. The van der Waals surface area contributed by atoms with Crippen molar-refractivity contribution in [2.45, 2.75) is 32.7 Å². The average Bonchev–Trinajstić information content (AvgIpc) is 3.43. The molecular formula is C22H25N3O4S2. The Labute approximate surface area is 189 Å². The molecule has 0 saturated carbocycles. The van der Waals surface area contributed by atoms with Crippen molar-refractivity contribution < 1.29 is 19.1 Å². The molecule has 0 fully saturated rings. The first-order valence-electron chi connectivity index (χ1n) is 9.90. The van der Waals surface area contributed by atoms with Crippen LogP contribution in [0.25, 0.3) is 0 Å². The highest BCUT2D eigenvalue weighted by molar-refractivity contribution is 7.14. The molecule has 2 amide bonds. The second-order valence-corrected chi connectivity index (χ2v) is 8.63. The van der Waals surface area contributed by atoms with E-state index < -0.39 is 0 Å². The summed E-state index contributed by atoms with van der Waals surface area (Å²) in [4.78, 5) is 29.7. The fourth-order valence-corrected chi connectivity index (χ4v) is 4.19. The second kappa shape index (κ2) is 11.5. The number of carbonyl (C=O) groups excluding carboxylic acids is 2. The maximum atomic E-state index is 12.3. The smallest absolute Gasteiger partial charge is 0.231 e. The largest absolute Gasteiger partial charge is 0.493 e. The molecular weight excluding hydrogens is 434 g/mol. The number of hydrogen-bond acceptors (Lipinski definition) is 7. The molecule has 0 unspecified atom stereocenters. The standard InChI is InChI=1S/C22H25N3O4S2/c1-3-8-29-18-7-6-15(10-19(18)28-2)13-23-20(26)11-16-14-31-22(24-16)25-21(27)12-17-5-4-9-30-17/h4-7,9-10,14H,3,8,11-13H2,1-2H3,(H,23,26)(H,24,25,27). The third-order valence-electron chi connectivity index (χ3n) is 4.23. The SMILES string of the molecule is CCCOc1ccc(CNC(=O)Cc2csc(NC(=O)Cc3cccs3)n2)cc1OC. The second-order valence-electron chi connectivity index (χ2n) is 6.74. The lowest BCUT2D eigenvalue weighted by atomic mass is 10.2. The van der Waals surface area contributed by atoms with Crippen LogP contribution in [0.2, 0.25) is 0 Å². The number of aromatic nitrogens is 1. The number of thiophene rings is 1. The molecule has 0 aliphatic rings. The Kier molecular flexibility index (Phi) is 8.43. The molecule has 3 rings (SSSR count). The zero-order valence-corrected chi connectivity index (χ0v) is 19.1. The van der Waals surface area contributed by atoms with E-state index in [9.17, 15) is 9.59 Å². The first-order chi connectivity index (χ1) is 15.1. The van der Waals surface area contributed by atoms with Crippen LogP contribution in [0.4, 0.5) is 5.13 Å². The molecule has 7 nitrogen and oxygen atoms in total. The molecule has 0 atom stereocenters. The first-order valence-corrected chi connectivity index (χ1v) is 11.7. The number of benzene rings is 1. The quantitative estimate of drug-likeness (QED) is 0.452. The van der Waals surface area contributed by atoms with E-state index in [0.29, 0.717) is 41.9 Å². The minimum Gasteiger partial charge on any atom is -0.493 e. The maximum absolute atomic E-state index is 12.3. The van der Waals surface area contributed by atoms with Crippen LogP contribution >= 0.6 is 22.7 Å². The van der Waals surface area contributed by atoms with Gasteiger partial charge in [-0.25, -0.2) is 4.98 Å². The van der Waals surface area contributed by atoms with Gasteiger partial charge in [0.15, 0.2) is 16.6 Å². The first kappa shape index (κ1) is 22.8. The number of nitrogens with zero attached hydrogens (tertiary/aromatic N) is 1. The Morgan fingerprint density at radius 3 is 2.71 bits per heavy atom. The van der Waals surface area contributed by atoms with Gasteiger partial charge in [0.25, 0.3) is 0 Å². The minimum atomic E-state index is -0.146. The van der Waals surface area contributed by atoms with Crippen molar-refractivity contribution in [3.63, 3.8) is 0 Å². The van der Waals surface area contributed by atoms with E-state index in [0.717, 1.165) is 16.9 Å². The minimum absolute atomic E-state index is 0.117. The van der Waals surface area contributed by atoms with Gasteiger partial charge in [-0.2, -0.15) is 0 Å². The summed E-state index contributed by atoms with van der Waals surface area (Å²) in [6.07, 6.45) is 1.38. The molecule has 1 aromatic carbocycles. The van der Waals surface area contributed by atoms with Crippen LogP contribution in [0.15, 0.2) is 41.1 Å². The highest BCUT2D eigenvalue weighted by Crippen LogP contribution is 2.28. The number of amides is 2. The lowest BCUT2D eigenvalue weighted by Gasteiger charge is -2.12. The normalized spacial score (nSPS) is 10.5. The summed E-state index contributed by atoms with van der Waals surface area (Å²) in [6, 6.07) is 9.44. The van der Waals surface area contributed by atoms with E-state index in [-0.39, 0.29) is 18.2 Å². The number of ether oxygens (including phenoxy) is 2. The van der Waals surface area contributed by atoms with Gasteiger partial charge in [-0.1, -0.05) is 19.1 Å². The van der Waals surface area contributed by atoms with Gasteiger partial charge < -0.3 is 20.1 Å². The van der Waals surface area contributed by atoms with Crippen LogP contribution in [-0.2, 0) is 29.0 Å². The van der Waals surface area contributed by atoms with E-state index in [2.05, 4.69) is 15.6 Å². The third-order valence-corrected chi connectivity index (χ3v) is 5.92. The summed E-state index contributed by atoms with van der Waals surface area (Å²) in [5.41, 5.74) is 1.53. The van der Waals surface area contributed by atoms with Crippen LogP contribution in [0.1, 0.15) is 29.5 Å². The Hall–Kier alpha value is -2.91. The molecule has 2 heterocycles. The molecule has 0 aliphatic carbocycles. The molecule has 9 heteroatoms. The number of anilines is 1. The van der Waals surface area contributed by atoms with Crippen molar-refractivity contribution in [1.29, 1.82) is 0 Å². The Balaban J connectivity index is 1.47. The van der Waals surface area contributed by atoms with E-state index >= 15 is 0 Å². The molecule has 0 saturated heterocycles. The van der Waals surface area contributed by atoms with Gasteiger partial charge in [-0.3, -0.25) is 9.59 Å². The van der Waals surface area contributed by atoms with Gasteiger partial charge in [0.05, 0.1) is 32.3 Å². The number of thiazole rings is 1. The van der Waals surface area contributed by atoms with Crippen LogP contribution in [-0.4, -0.2) is 30.5 Å². The highest BCUT2D eigenvalue weighted by Gasteiger charge is 2.12. The molecule has 31 heavy (non-hydrogen) atoms. The van der Waals surface area contributed by atoms with Crippen molar-refractivity contribution >= 4 is 39.6 Å². The van der Waals surface area contributed by atoms with E-state index in [1.54, 1.807) is 12.5 Å². The van der Waals surface area contributed by atoms with Crippen LogP contribution in [0, 0.1) is 0 Å². The number of carbonyl (C=O) groups is 2. The third kappa shape index (κ3) is 7.08. The number of methoxy groups -OCH3 is 1. The number of hydrogen-bond donors (Lipinski definition) is 2. The predicted molar refractivity (Wildman–Crippen MR) is 123 cm³/mol. The predicted octanol–water partition coefficient (Wildman–Crippen LogP) is 4.04. The van der Waals surface area contributed by atoms with Crippen LogP contribution in [0.3, 0.4) is 0 Å². The molecule has 3 aromatic rings. The fraction of sp³-hybridized carbons (Fsp3) is 0.318. The van der Waals surface area contributed by atoms with Crippen molar-refractivity contribution in [2.24, 2.45) is 0 Å². The van der Waals surface area contributed by atoms with Crippen molar-refractivity contribution in [2.75, 3.05) is 19.0 Å². The molecule has 0 bridgehead atoms. The van der Waals surface area contributed by atoms with Gasteiger partial charge in [0.1, 0.15) is 0 Å². The molecule has 0 aliphatic heterocycles. The molecule has 0 radical (unpaired) electrons. The van der Waals surface area contributed by atoms with Gasteiger partial charge in [-0.15, -0.1) is 22.7 Å². The van der Waals surface area contributed by atoms with Crippen LogP contribution < -0.4 is 20.1 Å². The maximum Gasteiger partial charge on any atom is 0.231 e. The Bertz CT molecular complexity index is 1000. The van der Waals surface area contributed by atoms with E-state index in [1.165, 1.54) is 22.7 Å². The Morgan fingerprint density at radius 1 is 1.10 bits per heavy atom. The van der Waals surface area contributed by atoms with E-state index in [1.807, 2.05) is 42.6 Å². The molecule has 2 N–H and O–H groups in total. The monoisotopic (exact) mass is 459 g/mol. The molecule has 164 valence electrons. The molecule has 0 spiro atoms. The summed E-state index contributed by atoms with van der Waals surface area (Å²) in [5.74, 6) is 1.07.